The summed E-state index contributed by atoms with van der Waals surface area (Å²) >= 11 is 0. The van der Waals surface area contributed by atoms with Crippen LogP contribution in [0.25, 0.3) is 0 Å². The lowest BCUT2D eigenvalue weighted by Gasteiger charge is -2.15. The minimum atomic E-state index is -3.54. The monoisotopic (exact) mass is 299 g/mol. The number of sulfonamides is 1. The summed E-state index contributed by atoms with van der Waals surface area (Å²) in [4.78, 5) is 11.6. The van der Waals surface area contributed by atoms with Crippen molar-refractivity contribution in [2.45, 2.75) is 44.6 Å². The summed E-state index contributed by atoms with van der Waals surface area (Å²) in [5.74, 6) is -0.454. The number of ether oxygens (including phenoxy) is 1. The molecule has 0 fully saturated rings. The maximum absolute atomic E-state index is 12.1. The topological polar surface area (TPSA) is 72.5 Å². The van der Waals surface area contributed by atoms with Crippen molar-refractivity contribution < 1.29 is 17.9 Å². The van der Waals surface area contributed by atoms with Crippen molar-refractivity contribution in [1.29, 1.82) is 0 Å². The van der Waals surface area contributed by atoms with E-state index in [9.17, 15) is 13.2 Å². The van der Waals surface area contributed by atoms with Gasteiger partial charge >= 0.3 is 5.97 Å². The Bertz CT molecular complexity index is 533. The molecule has 1 N–H and O–H groups in total. The second-order valence-corrected chi connectivity index (χ2v) is 6.09. The van der Waals surface area contributed by atoms with Crippen LogP contribution >= 0.6 is 0 Å². The minimum absolute atomic E-state index is 0.0790. The van der Waals surface area contributed by atoms with Gasteiger partial charge in [-0.1, -0.05) is 13.8 Å². The van der Waals surface area contributed by atoms with Crippen LogP contribution in [0, 0.1) is 0 Å². The molecule has 0 aromatic heterocycles. The van der Waals surface area contributed by atoms with Crippen LogP contribution in [0.15, 0.2) is 29.2 Å². The summed E-state index contributed by atoms with van der Waals surface area (Å²) in [6.45, 7) is 5.87. The van der Waals surface area contributed by atoms with Gasteiger partial charge in [0.05, 0.1) is 17.1 Å². The highest BCUT2D eigenvalue weighted by molar-refractivity contribution is 7.89. The zero-order chi connectivity index (χ0) is 15.2. The number of hydrogen-bond donors (Lipinski definition) is 1. The van der Waals surface area contributed by atoms with Gasteiger partial charge in [-0.25, -0.2) is 17.9 Å². The summed E-state index contributed by atoms with van der Waals surface area (Å²) in [6, 6.07) is 5.66. The first kappa shape index (κ1) is 16.7. The Morgan fingerprint density at radius 2 is 1.70 bits per heavy atom. The number of esters is 1. The average molecular weight is 299 g/mol. The molecule has 1 rings (SSSR count). The summed E-state index contributed by atoms with van der Waals surface area (Å²) in [7, 11) is -3.54. The molecule has 112 valence electrons. The van der Waals surface area contributed by atoms with E-state index in [1.165, 1.54) is 24.3 Å². The smallest absolute Gasteiger partial charge is 0.338 e. The van der Waals surface area contributed by atoms with Crippen LogP contribution in [0.2, 0.25) is 0 Å². The Morgan fingerprint density at radius 1 is 1.15 bits per heavy atom. The summed E-state index contributed by atoms with van der Waals surface area (Å²) in [5, 5.41) is 0. The maximum atomic E-state index is 12.1. The molecule has 1 aromatic rings. The van der Waals surface area contributed by atoms with Gasteiger partial charge in [0.2, 0.25) is 10.0 Å². The molecule has 20 heavy (non-hydrogen) atoms. The molecule has 0 amide bonds. The van der Waals surface area contributed by atoms with Gasteiger partial charge in [0.15, 0.2) is 0 Å². The van der Waals surface area contributed by atoms with E-state index in [0.29, 0.717) is 5.56 Å². The van der Waals surface area contributed by atoms with Crippen molar-refractivity contribution in [2.24, 2.45) is 0 Å². The van der Waals surface area contributed by atoms with Gasteiger partial charge in [0.25, 0.3) is 0 Å². The Balaban J connectivity index is 2.89. The molecule has 0 heterocycles. The number of benzene rings is 1. The Labute approximate surface area is 120 Å². The van der Waals surface area contributed by atoms with E-state index in [1.54, 1.807) is 6.92 Å². The quantitative estimate of drug-likeness (QED) is 0.784. The van der Waals surface area contributed by atoms with Crippen molar-refractivity contribution in [3.63, 3.8) is 0 Å². The molecule has 0 bridgehead atoms. The molecule has 5 nitrogen and oxygen atoms in total. The normalized spacial score (nSPS) is 11.6. The van der Waals surface area contributed by atoms with Gasteiger partial charge < -0.3 is 4.74 Å². The van der Waals surface area contributed by atoms with Gasteiger partial charge in [-0.15, -0.1) is 0 Å². The SMILES string of the molecule is CCOC(=O)c1ccc(S(=O)(=O)NC(CC)CC)cc1. The lowest BCUT2D eigenvalue weighted by atomic mass is 10.2. The molecular weight excluding hydrogens is 278 g/mol. The first-order chi connectivity index (χ1) is 9.44. The highest BCUT2D eigenvalue weighted by Crippen LogP contribution is 2.13. The fraction of sp³-hybridized carbons (Fsp3) is 0.500. The van der Waals surface area contributed by atoms with Crippen molar-refractivity contribution in [1.82, 2.24) is 4.72 Å². The van der Waals surface area contributed by atoms with Crippen LogP contribution < -0.4 is 4.72 Å². The molecule has 0 radical (unpaired) electrons. The first-order valence-electron chi connectivity index (χ1n) is 6.74. The third-order valence-corrected chi connectivity index (χ3v) is 4.52. The van der Waals surface area contributed by atoms with Crippen molar-refractivity contribution >= 4 is 16.0 Å². The fourth-order valence-electron chi connectivity index (χ4n) is 1.73. The number of nitrogens with one attached hydrogen (secondary N) is 1. The Hall–Kier alpha value is -1.40. The van der Waals surface area contributed by atoms with Gasteiger partial charge in [0.1, 0.15) is 0 Å². The average Bonchev–Trinajstić information content (AvgIpc) is 2.45. The van der Waals surface area contributed by atoms with E-state index in [-0.39, 0.29) is 17.5 Å². The first-order valence-corrected chi connectivity index (χ1v) is 8.22. The molecule has 0 aliphatic rings. The molecule has 0 aliphatic carbocycles. The van der Waals surface area contributed by atoms with Crippen LogP contribution in [0.4, 0.5) is 0 Å². The Morgan fingerprint density at radius 3 is 2.15 bits per heavy atom. The van der Waals surface area contributed by atoms with Crippen molar-refractivity contribution in [3.8, 4) is 0 Å². The largest absolute Gasteiger partial charge is 0.462 e. The second kappa shape index (κ2) is 7.40. The molecule has 0 spiro atoms. The standard InChI is InChI=1S/C14H21NO4S/c1-4-12(5-2)15-20(17,18)13-9-7-11(8-10-13)14(16)19-6-3/h7-10,12,15H,4-6H2,1-3H3. The highest BCUT2D eigenvalue weighted by Gasteiger charge is 2.18. The van der Waals surface area contributed by atoms with Crippen LogP contribution in [0.5, 0.6) is 0 Å². The predicted molar refractivity (Wildman–Crippen MR) is 77.1 cm³/mol. The highest BCUT2D eigenvalue weighted by atomic mass is 32.2. The fourth-order valence-corrected chi connectivity index (χ4v) is 3.13. The Kier molecular flexibility index (Phi) is 6.16. The number of carbonyl (C=O) groups excluding carboxylic acids is 1. The predicted octanol–water partition coefficient (Wildman–Crippen LogP) is 2.33. The van der Waals surface area contributed by atoms with Crippen molar-refractivity contribution in [2.75, 3.05) is 6.61 Å². The molecule has 0 unspecified atom stereocenters. The summed E-state index contributed by atoms with van der Waals surface area (Å²) < 4.78 is 31.8. The molecule has 0 atom stereocenters. The van der Waals surface area contributed by atoms with E-state index in [1.807, 2.05) is 13.8 Å². The third kappa shape index (κ3) is 4.31. The molecule has 1 aromatic carbocycles. The summed E-state index contributed by atoms with van der Waals surface area (Å²) in [6.07, 6.45) is 1.47. The molecule has 0 aliphatic heterocycles. The van der Waals surface area contributed by atoms with Crippen LogP contribution in [-0.2, 0) is 14.8 Å². The van der Waals surface area contributed by atoms with E-state index >= 15 is 0 Å². The second-order valence-electron chi connectivity index (χ2n) is 4.38. The van der Waals surface area contributed by atoms with Crippen LogP contribution in [0.3, 0.4) is 0 Å². The number of carbonyl (C=O) groups is 1. The molecule has 0 saturated carbocycles. The third-order valence-electron chi connectivity index (χ3n) is 2.98. The zero-order valence-corrected chi connectivity index (χ0v) is 12.9. The number of hydrogen-bond acceptors (Lipinski definition) is 4. The molecule has 6 heteroatoms. The van der Waals surface area contributed by atoms with Gasteiger partial charge in [-0.3, -0.25) is 0 Å². The van der Waals surface area contributed by atoms with E-state index in [4.69, 9.17) is 4.74 Å². The lowest BCUT2D eigenvalue weighted by Crippen LogP contribution is -2.33. The maximum Gasteiger partial charge on any atom is 0.338 e. The van der Waals surface area contributed by atoms with Crippen LogP contribution in [0.1, 0.15) is 44.0 Å². The van der Waals surface area contributed by atoms with Gasteiger partial charge in [-0.05, 0) is 44.0 Å². The molecule has 0 saturated heterocycles. The molecular formula is C14H21NO4S. The lowest BCUT2D eigenvalue weighted by molar-refractivity contribution is 0.0526. The van der Waals surface area contributed by atoms with Crippen LogP contribution in [-0.4, -0.2) is 27.0 Å². The number of rotatable bonds is 7. The minimum Gasteiger partial charge on any atom is -0.462 e. The van der Waals surface area contributed by atoms with E-state index < -0.39 is 16.0 Å². The zero-order valence-electron chi connectivity index (χ0n) is 12.0. The van der Waals surface area contributed by atoms with E-state index in [0.717, 1.165) is 12.8 Å². The van der Waals surface area contributed by atoms with Crippen molar-refractivity contribution in [3.05, 3.63) is 29.8 Å². The van der Waals surface area contributed by atoms with Gasteiger partial charge in [0, 0.05) is 6.04 Å². The van der Waals surface area contributed by atoms with E-state index in [2.05, 4.69) is 4.72 Å². The van der Waals surface area contributed by atoms with Gasteiger partial charge in [-0.2, -0.15) is 0 Å². The summed E-state index contributed by atoms with van der Waals surface area (Å²) in [5.41, 5.74) is 0.341.